The molecule has 350 valence electrons. The molecule has 0 N–H and O–H groups in total. The molecule has 0 saturated heterocycles. The molecule has 2 atom stereocenters. The maximum absolute atomic E-state index is 12.8. The van der Waals surface area contributed by atoms with Gasteiger partial charge in [0.25, 0.3) is 0 Å². The molecule has 0 aromatic carbocycles. The molecule has 0 heterocycles. The monoisotopic (exact) mass is 835 g/mol. The number of hydrogen-bond acceptors (Lipinski definition) is 6. The lowest BCUT2D eigenvalue weighted by molar-refractivity contribution is -0.167. The molecule has 0 bridgehead atoms. The molecular weight excluding hydrogens is 733 g/mol. The third kappa shape index (κ3) is 45.8. The number of carbonyl (C=O) groups is 3. The molecule has 0 aliphatic carbocycles. The minimum atomic E-state index is -0.761. The first-order chi connectivity index (χ1) is 28.8. The quantitative estimate of drug-likeness (QED) is 0.0345. The van der Waals surface area contributed by atoms with E-state index in [1.165, 1.54) is 180 Å². The zero-order valence-electron chi connectivity index (χ0n) is 40.4. The van der Waals surface area contributed by atoms with Gasteiger partial charge in [-0.1, -0.05) is 253 Å². The third-order valence-corrected chi connectivity index (χ3v) is 12.3. The lowest BCUT2D eigenvalue weighted by Gasteiger charge is -2.18. The van der Waals surface area contributed by atoms with Crippen LogP contribution < -0.4 is 0 Å². The number of unbranched alkanes of at least 4 members (excludes halogenated alkanes) is 31. The fraction of sp³-hybridized carbons (Fsp3) is 0.943. The molecule has 0 rings (SSSR count). The van der Waals surface area contributed by atoms with Crippen LogP contribution in [0.5, 0.6) is 0 Å². The van der Waals surface area contributed by atoms with Crippen molar-refractivity contribution in [2.24, 2.45) is 11.8 Å². The lowest BCUT2D eigenvalue weighted by atomic mass is 9.99. The van der Waals surface area contributed by atoms with Crippen molar-refractivity contribution < 1.29 is 28.6 Å². The summed E-state index contributed by atoms with van der Waals surface area (Å²) in [6, 6.07) is 0. The minimum Gasteiger partial charge on any atom is -0.462 e. The van der Waals surface area contributed by atoms with Gasteiger partial charge >= 0.3 is 17.9 Å². The Kier molecular flexibility index (Phi) is 44.7. The summed E-state index contributed by atoms with van der Waals surface area (Å²) in [4.78, 5) is 37.9. The van der Waals surface area contributed by atoms with Crippen LogP contribution >= 0.6 is 0 Å². The average molecular weight is 835 g/mol. The molecule has 0 aliphatic rings. The Morgan fingerprint density at radius 3 is 0.966 bits per heavy atom. The van der Waals surface area contributed by atoms with Gasteiger partial charge in [-0.2, -0.15) is 0 Å². The van der Waals surface area contributed by atoms with Crippen LogP contribution in [0.3, 0.4) is 0 Å². The van der Waals surface area contributed by atoms with Crippen LogP contribution in [0.1, 0.15) is 291 Å². The number of hydrogen-bond donors (Lipinski definition) is 0. The summed E-state index contributed by atoms with van der Waals surface area (Å²) in [5, 5.41) is 0. The van der Waals surface area contributed by atoms with Gasteiger partial charge in [0.15, 0.2) is 6.10 Å². The Morgan fingerprint density at radius 1 is 0.356 bits per heavy atom. The maximum Gasteiger partial charge on any atom is 0.306 e. The van der Waals surface area contributed by atoms with Crippen LogP contribution in [0, 0.1) is 11.8 Å². The summed E-state index contributed by atoms with van der Waals surface area (Å²) in [5.74, 6) is 0.856. The van der Waals surface area contributed by atoms with E-state index in [-0.39, 0.29) is 31.1 Å². The minimum absolute atomic E-state index is 0.0637. The van der Waals surface area contributed by atoms with E-state index in [4.69, 9.17) is 14.2 Å². The number of ether oxygens (including phenoxy) is 3. The summed E-state index contributed by atoms with van der Waals surface area (Å²) in [7, 11) is 0. The molecule has 0 amide bonds. The lowest BCUT2D eigenvalue weighted by Crippen LogP contribution is -2.30. The van der Waals surface area contributed by atoms with Crippen LogP contribution in [-0.4, -0.2) is 37.2 Å². The second-order valence-electron chi connectivity index (χ2n) is 18.9. The zero-order valence-corrected chi connectivity index (χ0v) is 40.4. The standard InChI is InChI=1S/C53H102O6/c1-6-8-9-10-11-12-17-24-30-35-40-45-53(56)59-50(47-58-52(55)44-39-34-29-25-20-21-26-31-36-41-48(3)4)46-57-51(54)43-38-33-28-23-19-16-14-13-15-18-22-27-32-37-42-49(5)7-2/h48-50H,6-47H2,1-5H3/t49?,50-/m1/s1. The predicted molar refractivity (Wildman–Crippen MR) is 252 cm³/mol. The maximum atomic E-state index is 12.8. The highest BCUT2D eigenvalue weighted by atomic mass is 16.6. The van der Waals surface area contributed by atoms with Crippen molar-refractivity contribution in [3.05, 3.63) is 0 Å². The smallest absolute Gasteiger partial charge is 0.306 e. The van der Waals surface area contributed by atoms with E-state index in [0.29, 0.717) is 19.3 Å². The predicted octanol–water partition coefficient (Wildman–Crippen LogP) is 16.9. The van der Waals surface area contributed by atoms with Gasteiger partial charge in [-0.25, -0.2) is 0 Å². The molecule has 1 unspecified atom stereocenters. The first-order valence-corrected chi connectivity index (χ1v) is 26.3. The van der Waals surface area contributed by atoms with E-state index < -0.39 is 6.10 Å². The van der Waals surface area contributed by atoms with Gasteiger partial charge in [-0.3, -0.25) is 14.4 Å². The van der Waals surface area contributed by atoms with Crippen LogP contribution in [0.15, 0.2) is 0 Å². The zero-order chi connectivity index (χ0) is 43.3. The largest absolute Gasteiger partial charge is 0.462 e. The van der Waals surface area contributed by atoms with Crippen LogP contribution in [0.4, 0.5) is 0 Å². The molecular formula is C53H102O6. The van der Waals surface area contributed by atoms with Crippen molar-refractivity contribution in [1.29, 1.82) is 0 Å². The van der Waals surface area contributed by atoms with E-state index in [1.807, 2.05) is 0 Å². The van der Waals surface area contributed by atoms with Gasteiger partial charge in [0.2, 0.25) is 0 Å². The summed E-state index contributed by atoms with van der Waals surface area (Å²) in [5.41, 5.74) is 0. The Hall–Kier alpha value is -1.59. The van der Waals surface area contributed by atoms with Crippen LogP contribution in [0.2, 0.25) is 0 Å². The molecule has 0 fully saturated rings. The summed E-state index contributed by atoms with van der Waals surface area (Å²) in [6.45, 7) is 11.4. The highest BCUT2D eigenvalue weighted by Gasteiger charge is 2.19. The van der Waals surface area contributed by atoms with Gasteiger partial charge in [-0.05, 0) is 31.1 Å². The van der Waals surface area contributed by atoms with Gasteiger partial charge in [0.05, 0.1) is 0 Å². The molecule has 59 heavy (non-hydrogen) atoms. The third-order valence-electron chi connectivity index (χ3n) is 12.3. The summed E-state index contributed by atoms with van der Waals surface area (Å²) < 4.78 is 16.8. The van der Waals surface area contributed by atoms with Crippen molar-refractivity contribution in [3.8, 4) is 0 Å². The topological polar surface area (TPSA) is 78.9 Å². The van der Waals surface area contributed by atoms with Gasteiger partial charge in [-0.15, -0.1) is 0 Å². The first kappa shape index (κ1) is 57.4. The van der Waals surface area contributed by atoms with E-state index in [2.05, 4.69) is 34.6 Å². The summed E-state index contributed by atoms with van der Waals surface area (Å²) >= 11 is 0. The molecule has 0 saturated carbocycles. The van der Waals surface area contributed by atoms with Crippen molar-refractivity contribution in [3.63, 3.8) is 0 Å². The fourth-order valence-electron chi connectivity index (χ4n) is 7.96. The number of esters is 3. The Balaban J connectivity index is 4.26. The molecule has 6 heteroatoms. The Bertz CT molecular complexity index is 902. The normalized spacial score (nSPS) is 12.5. The molecule has 0 aromatic rings. The summed E-state index contributed by atoms with van der Waals surface area (Å²) in [6.07, 6.45) is 46.5. The van der Waals surface area contributed by atoms with Crippen molar-refractivity contribution in [2.45, 2.75) is 298 Å². The SMILES string of the molecule is CCCCCCCCCCCCCC(=O)O[C@H](COC(=O)CCCCCCCCCCCCCCCCC(C)CC)COC(=O)CCCCCCCCCCCC(C)C. The van der Waals surface area contributed by atoms with Crippen molar-refractivity contribution >= 4 is 17.9 Å². The van der Waals surface area contributed by atoms with Gasteiger partial charge < -0.3 is 14.2 Å². The van der Waals surface area contributed by atoms with Crippen molar-refractivity contribution in [2.75, 3.05) is 13.2 Å². The van der Waals surface area contributed by atoms with E-state index in [9.17, 15) is 14.4 Å². The number of carbonyl (C=O) groups excluding carboxylic acids is 3. The van der Waals surface area contributed by atoms with E-state index in [1.54, 1.807) is 0 Å². The molecule has 0 aliphatic heterocycles. The second-order valence-corrected chi connectivity index (χ2v) is 18.9. The fourth-order valence-corrected chi connectivity index (χ4v) is 7.96. The van der Waals surface area contributed by atoms with Gasteiger partial charge in [0.1, 0.15) is 13.2 Å². The van der Waals surface area contributed by atoms with Crippen molar-refractivity contribution in [1.82, 2.24) is 0 Å². The highest BCUT2D eigenvalue weighted by Crippen LogP contribution is 2.18. The molecule has 0 aromatic heterocycles. The average Bonchev–Trinajstić information content (AvgIpc) is 3.22. The Labute approximate surface area is 368 Å². The van der Waals surface area contributed by atoms with Crippen LogP contribution in [-0.2, 0) is 28.6 Å². The molecule has 6 nitrogen and oxygen atoms in total. The first-order valence-electron chi connectivity index (χ1n) is 26.3. The molecule has 0 radical (unpaired) electrons. The second kappa shape index (κ2) is 45.9. The Morgan fingerprint density at radius 2 is 0.644 bits per heavy atom. The van der Waals surface area contributed by atoms with Gasteiger partial charge in [0, 0.05) is 19.3 Å². The van der Waals surface area contributed by atoms with E-state index >= 15 is 0 Å². The molecule has 0 spiro atoms. The van der Waals surface area contributed by atoms with Crippen LogP contribution in [0.25, 0.3) is 0 Å². The number of rotatable bonds is 47. The van der Waals surface area contributed by atoms with E-state index in [0.717, 1.165) is 69.6 Å². The highest BCUT2D eigenvalue weighted by molar-refractivity contribution is 5.71.